The molecule has 1 aromatic carbocycles. The Morgan fingerprint density at radius 3 is 2.59 bits per heavy atom. The highest BCUT2D eigenvalue weighted by Crippen LogP contribution is 2.23. The number of Topliss-reactive ketones (excluding diaryl/α,β-unsaturated/α-hetero) is 1. The summed E-state index contributed by atoms with van der Waals surface area (Å²) in [6, 6.07) is 5.76. The van der Waals surface area contributed by atoms with Crippen molar-refractivity contribution in [1.29, 1.82) is 0 Å². The van der Waals surface area contributed by atoms with Crippen LogP contribution in [-0.2, 0) is 34.2 Å². The molecule has 3 rings (SSSR count). The number of hydrogen-bond acceptors (Lipinski definition) is 5. The molecule has 1 heterocycles. The van der Waals surface area contributed by atoms with Crippen LogP contribution in [0.15, 0.2) is 18.2 Å². The number of ether oxygens (including phenoxy) is 1. The summed E-state index contributed by atoms with van der Waals surface area (Å²) in [6.45, 7) is 5.15. The number of nitrogens with one attached hydrogen (secondary N) is 1. The Kier molecular flexibility index (Phi) is 6.15. The van der Waals surface area contributed by atoms with Gasteiger partial charge in [0.1, 0.15) is 0 Å². The van der Waals surface area contributed by atoms with Crippen LogP contribution in [0.25, 0.3) is 0 Å². The van der Waals surface area contributed by atoms with Crippen LogP contribution in [0.2, 0.25) is 0 Å². The number of anilines is 1. The molecule has 1 amide bonds. The Hall–Kier alpha value is -2.96. The lowest BCUT2D eigenvalue weighted by molar-refractivity contribution is -0.153. The summed E-state index contributed by atoms with van der Waals surface area (Å²) in [6.07, 6.45) is 2.23. The molecule has 1 aliphatic rings. The maximum atomic E-state index is 12.4. The molecule has 0 aliphatic heterocycles. The lowest BCUT2D eigenvalue weighted by Crippen LogP contribution is -2.30. The van der Waals surface area contributed by atoms with Crippen LogP contribution >= 0.6 is 0 Å². The van der Waals surface area contributed by atoms with Gasteiger partial charge in [-0.2, -0.15) is 5.10 Å². The number of rotatable bonds is 7. The van der Waals surface area contributed by atoms with Gasteiger partial charge in [0.25, 0.3) is 5.91 Å². The third kappa shape index (κ3) is 4.72. The minimum atomic E-state index is -0.961. The Balaban J connectivity index is 1.49. The molecule has 1 aliphatic carbocycles. The molecule has 0 fully saturated rings. The van der Waals surface area contributed by atoms with Crippen molar-refractivity contribution in [3.05, 3.63) is 46.3 Å². The molecule has 0 radical (unpaired) electrons. The highest BCUT2D eigenvalue weighted by Gasteiger charge is 2.22. The van der Waals surface area contributed by atoms with Gasteiger partial charge in [0, 0.05) is 19.0 Å². The first kappa shape index (κ1) is 20.8. The molecule has 0 saturated heterocycles. The lowest BCUT2D eigenvalue weighted by Gasteiger charge is -2.13. The average molecular weight is 397 g/mol. The summed E-state index contributed by atoms with van der Waals surface area (Å²) in [7, 11) is 1.79. The second kappa shape index (κ2) is 8.59. The zero-order valence-electron chi connectivity index (χ0n) is 17.4. The summed E-state index contributed by atoms with van der Waals surface area (Å²) < 4.78 is 6.87. The van der Waals surface area contributed by atoms with Gasteiger partial charge in [0.15, 0.2) is 11.9 Å². The molecule has 0 unspecified atom stereocenters. The van der Waals surface area contributed by atoms with E-state index in [0.717, 1.165) is 25.0 Å². The molecule has 1 N–H and O–H groups in total. The Bertz CT molecular complexity index is 961. The average Bonchev–Trinajstić information content (AvgIpc) is 3.25. The van der Waals surface area contributed by atoms with E-state index in [-0.39, 0.29) is 18.6 Å². The number of carbonyl (C=O) groups is 3. The molecule has 0 spiro atoms. The van der Waals surface area contributed by atoms with Gasteiger partial charge in [-0.15, -0.1) is 0 Å². The molecule has 2 aromatic rings. The van der Waals surface area contributed by atoms with E-state index in [4.69, 9.17) is 4.74 Å². The number of aromatic nitrogens is 2. The summed E-state index contributed by atoms with van der Waals surface area (Å²) >= 11 is 0. The van der Waals surface area contributed by atoms with E-state index in [1.807, 2.05) is 25.1 Å². The minimum Gasteiger partial charge on any atom is -0.453 e. The fourth-order valence-corrected chi connectivity index (χ4v) is 3.59. The lowest BCUT2D eigenvalue weighted by atomic mass is 10.0. The van der Waals surface area contributed by atoms with Gasteiger partial charge in [0.05, 0.1) is 23.5 Å². The molecule has 7 heteroatoms. The van der Waals surface area contributed by atoms with E-state index in [2.05, 4.69) is 10.4 Å². The van der Waals surface area contributed by atoms with Crippen LogP contribution < -0.4 is 5.32 Å². The van der Waals surface area contributed by atoms with E-state index in [1.165, 1.54) is 18.1 Å². The number of benzene rings is 1. The molecule has 154 valence electrons. The van der Waals surface area contributed by atoms with Gasteiger partial charge in [-0.1, -0.05) is 12.1 Å². The quantitative estimate of drug-likeness (QED) is 0.573. The summed E-state index contributed by atoms with van der Waals surface area (Å²) in [5.74, 6) is -1.08. The Morgan fingerprint density at radius 2 is 1.90 bits per heavy atom. The van der Waals surface area contributed by atoms with Gasteiger partial charge < -0.3 is 10.1 Å². The first-order chi connectivity index (χ1) is 13.8. The van der Waals surface area contributed by atoms with Crippen molar-refractivity contribution in [3.8, 4) is 0 Å². The van der Waals surface area contributed by atoms with Crippen molar-refractivity contribution in [2.24, 2.45) is 7.05 Å². The first-order valence-electron chi connectivity index (χ1n) is 9.91. The number of nitrogens with zero attached hydrogens (tertiary/aromatic N) is 2. The van der Waals surface area contributed by atoms with Crippen LogP contribution in [0.1, 0.15) is 59.1 Å². The van der Waals surface area contributed by atoms with E-state index in [0.29, 0.717) is 16.9 Å². The molecule has 1 atom stereocenters. The summed E-state index contributed by atoms with van der Waals surface area (Å²) in [4.78, 5) is 36.8. The zero-order valence-corrected chi connectivity index (χ0v) is 17.4. The number of carbonyl (C=O) groups excluding carboxylic acids is 3. The molecular formula is C22H27N3O4. The number of fused-ring (bicyclic) bond motifs is 1. The molecule has 7 nitrogen and oxygen atoms in total. The first-order valence-corrected chi connectivity index (χ1v) is 9.91. The standard InChI is InChI=1S/C22H27N3O4/c1-13-21(14(2)25(4)24-13)23-22(28)15(3)29-20(27)11-10-19(26)18-9-8-16-6-5-7-17(16)12-18/h8-9,12,15H,5-7,10-11H2,1-4H3,(H,23,28)/t15-/m1/s1. The third-order valence-corrected chi connectivity index (χ3v) is 5.41. The fourth-order valence-electron chi connectivity index (χ4n) is 3.59. The zero-order chi connectivity index (χ0) is 21.1. The maximum absolute atomic E-state index is 12.4. The van der Waals surface area contributed by atoms with Crippen molar-refractivity contribution in [1.82, 2.24) is 9.78 Å². The summed E-state index contributed by atoms with van der Waals surface area (Å²) in [5, 5.41) is 6.99. The largest absolute Gasteiger partial charge is 0.453 e. The second-order valence-corrected chi connectivity index (χ2v) is 7.55. The number of aryl methyl sites for hydroxylation is 4. The van der Waals surface area contributed by atoms with Crippen LogP contribution in [0, 0.1) is 13.8 Å². The number of ketones is 1. The Labute approximate surface area is 170 Å². The fraction of sp³-hybridized carbons (Fsp3) is 0.455. The van der Waals surface area contributed by atoms with E-state index in [1.54, 1.807) is 18.7 Å². The predicted molar refractivity (Wildman–Crippen MR) is 109 cm³/mol. The maximum Gasteiger partial charge on any atom is 0.307 e. The molecular weight excluding hydrogens is 370 g/mol. The van der Waals surface area contributed by atoms with Crippen molar-refractivity contribution in [2.75, 3.05) is 5.32 Å². The van der Waals surface area contributed by atoms with Gasteiger partial charge in [-0.05, 0) is 57.2 Å². The van der Waals surface area contributed by atoms with E-state index in [9.17, 15) is 14.4 Å². The molecule has 29 heavy (non-hydrogen) atoms. The molecule has 1 aromatic heterocycles. The van der Waals surface area contributed by atoms with Gasteiger partial charge in [-0.25, -0.2) is 0 Å². The minimum absolute atomic E-state index is 0.0571. The Morgan fingerprint density at radius 1 is 1.17 bits per heavy atom. The van der Waals surface area contributed by atoms with Crippen LogP contribution in [0.4, 0.5) is 5.69 Å². The number of esters is 1. The van der Waals surface area contributed by atoms with Crippen LogP contribution in [0.3, 0.4) is 0 Å². The van der Waals surface area contributed by atoms with E-state index < -0.39 is 18.0 Å². The van der Waals surface area contributed by atoms with Crippen LogP contribution in [0.5, 0.6) is 0 Å². The van der Waals surface area contributed by atoms with Crippen molar-refractivity contribution < 1.29 is 19.1 Å². The van der Waals surface area contributed by atoms with Crippen LogP contribution in [-0.4, -0.2) is 33.5 Å². The molecule has 0 saturated carbocycles. The number of amides is 1. The van der Waals surface area contributed by atoms with E-state index >= 15 is 0 Å². The van der Waals surface area contributed by atoms with Gasteiger partial charge in [0.2, 0.25) is 0 Å². The third-order valence-electron chi connectivity index (χ3n) is 5.41. The normalized spacial score (nSPS) is 13.7. The molecule has 0 bridgehead atoms. The highest BCUT2D eigenvalue weighted by molar-refractivity contribution is 5.98. The highest BCUT2D eigenvalue weighted by atomic mass is 16.5. The van der Waals surface area contributed by atoms with Crippen molar-refractivity contribution in [3.63, 3.8) is 0 Å². The smallest absolute Gasteiger partial charge is 0.307 e. The number of hydrogen-bond donors (Lipinski definition) is 1. The summed E-state index contributed by atoms with van der Waals surface area (Å²) in [5.41, 5.74) is 5.29. The van der Waals surface area contributed by atoms with Gasteiger partial charge in [-0.3, -0.25) is 19.1 Å². The van der Waals surface area contributed by atoms with Gasteiger partial charge >= 0.3 is 5.97 Å². The predicted octanol–water partition coefficient (Wildman–Crippen LogP) is 3.06. The van der Waals surface area contributed by atoms with Crippen molar-refractivity contribution >= 4 is 23.3 Å². The second-order valence-electron chi connectivity index (χ2n) is 7.55. The van der Waals surface area contributed by atoms with Crippen molar-refractivity contribution in [2.45, 2.75) is 59.0 Å². The monoisotopic (exact) mass is 397 g/mol. The SMILES string of the molecule is Cc1nn(C)c(C)c1NC(=O)[C@@H](C)OC(=O)CCC(=O)c1ccc2c(c1)CCC2. The topological polar surface area (TPSA) is 90.3 Å².